The van der Waals surface area contributed by atoms with E-state index in [0.717, 1.165) is 22.5 Å². The Morgan fingerprint density at radius 1 is 1.14 bits per heavy atom. The lowest BCUT2D eigenvalue weighted by atomic mass is 10.2. The number of amides is 1. The third-order valence-corrected chi connectivity index (χ3v) is 4.97. The molecule has 0 N–H and O–H groups in total. The Kier molecular flexibility index (Phi) is 4.94. The number of carbonyl (C=O) groups excluding carboxylic acids is 1. The lowest BCUT2D eigenvalue weighted by Crippen LogP contribution is -2.22. The summed E-state index contributed by atoms with van der Waals surface area (Å²) in [6.45, 7) is 3.92. The topological polar surface area (TPSA) is 76.8 Å². The van der Waals surface area contributed by atoms with Crippen molar-refractivity contribution in [3.63, 3.8) is 0 Å². The number of aromatic nitrogens is 5. The monoisotopic (exact) mass is 390 g/mol. The molecule has 0 bridgehead atoms. The van der Waals surface area contributed by atoms with E-state index in [-0.39, 0.29) is 5.91 Å². The minimum absolute atomic E-state index is 0.0863. The first-order chi connectivity index (χ1) is 13.6. The number of hydrogen-bond donors (Lipinski definition) is 0. The summed E-state index contributed by atoms with van der Waals surface area (Å²) in [4.78, 5) is 20.0. The number of anilines is 2. The Balaban J connectivity index is 1.56. The van der Waals surface area contributed by atoms with Gasteiger partial charge in [0.15, 0.2) is 5.13 Å². The number of rotatable bonds is 5. The van der Waals surface area contributed by atoms with Crippen molar-refractivity contribution in [2.45, 2.75) is 20.4 Å². The molecule has 7 nitrogen and oxygen atoms in total. The molecule has 1 amide bonds. The van der Waals surface area contributed by atoms with E-state index in [1.165, 1.54) is 23.1 Å². The van der Waals surface area contributed by atoms with Gasteiger partial charge in [-0.25, -0.2) is 4.98 Å². The molecule has 2 aromatic carbocycles. The van der Waals surface area contributed by atoms with Crippen LogP contribution in [0.3, 0.4) is 0 Å². The smallest absolute Gasteiger partial charge is 0.230 e. The molecule has 0 aliphatic rings. The van der Waals surface area contributed by atoms with Gasteiger partial charge in [-0.1, -0.05) is 42.5 Å². The van der Waals surface area contributed by atoms with Gasteiger partial charge in [0.1, 0.15) is 6.54 Å². The van der Waals surface area contributed by atoms with E-state index in [4.69, 9.17) is 0 Å². The molecule has 0 aliphatic heterocycles. The summed E-state index contributed by atoms with van der Waals surface area (Å²) in [5.41, 5.74) is 3.57. The second-order valence-electron chi connectivity index (χ2n) is 6.32. The van der Waals surface area contributed by atoms with Crippen molar-refractivity contribution in [3.8, 4) is 11.4 Å². The molecule has 0 radical (unpaired) electrons. The summed E-state index contributed by atoms with van der Waals surface area (Å²) < 4.78 is 0. The van der Waals surface area contributed by atoms with Crippen molar-refractivity contribution in [3.05, 3.63) is 71.2 Å². The van der Waals surface area contributed by atoms with Crippen LogP contribution in [0.1, 0.15) is 18.2 Å². The molecule has 0 saturated heterocycles. The molecular weight excluding hydrogens is 372 g/mol. The highest BCUT2D eigenvalue weighted by molar-refractivity contribution is 7.14. The fraction of sp³-hybridized carbons (Fsp3) is 0.150. The molecule has 4 rings (SSSR count). The number of thiazole rings is 1. The van der Waals surface area contributed by atoms with Crippen molar-refractivity contribution >= 4 is 28.1 Å². The van der Waals surface area contributed by atoms with Crippen LogP contribution in [0.5, 0.6) is 0 Å². The fourth-order valence-electron chi connectivity index (χ4n) is 2.82. The second-order valence-corrected chi connectivity index (χ2v) is 7.16. The van der Waals surface area contributed by atoms with Gasteiger partial charge in [0.05, 0.1) is 11.4 Å². The molecule has 0 fully saturated rings. The third kappa shape index (κ3) is 3.81. The van der Waals surface area contributed by atoms with E-state index in [9.17, 15) is 4.79 Å². The molecule has 140 valence electrons. The van der Waals surface area contributed by atoms with Crippen LogP contribution in [0, 0.1) is 6.92 Å². The van der Waals surface area contributed by atoms with Crippen LogP contribution in [0.2, 0.25) is 0 Å². The molecule has 0 saturated carbocycles. The third-order valence-electron chi connectivity index (χ3n) is 4.09. The minimum Gasteiger partial charge on any atom is -0.274 e. The van der Waals surface area contributed by atoms with Gasteiger partial charge in [-0.15, -0.1) is 21.5 Å². The van der Waals surface area contributed by atoms with Crippen LogP contribution < -0.4 is 4.90 Å². The number of tetrazole rings is 1. The van der Waals surface area contributed by atoms with Crippen LogP contribution in [-0.4, -0.2) is 31.1 Å². The van der Waals surface area contributed by atoms with Gasteiger partial charge >= 0.3 is 0 Å². The Labute approximate surface area is 166 Å². The lowest BCUT2D eigenvalue weighted by molar-refractivity contribution is -0.115. The highest BCUT2D eigenvalue weighted by Gasteiger charge is 2.18. The average Bonchev–Trinajstić information content (AvgIpc) is 3.33. The largest absolute Gasteiger partial charge is 0.274 e. The summed E-state index contributed by atoms with van der Waals surface area (Å²) >= 11 is 1.41. The second kappa shape index (κ2) is 7.69. The van der Waals surface area contributed by atoms with Crippen molar-refractivity contribution < 1.29 is 4.79 Å². The SMILES string of the molecule is CC(=O)N(c1cccc(C)c1)c1nc(Cn2nnc(-c3ccccc3)n2)cs1. The predicted molar refractivity (Wildman–Crippen MR) is 108 cm³/mol. The molecule has 0 unspecified atom stereocenters. The fourth-order valence-corrected chi connectivity index (χ4v) is 3.70. The van der Waals surface area contributed by atoms with E-state index < -0.39 is 0 Å². The maximum Gasteiger partial charge on any atom is 0.230 e. The standard InChI is InChI=1S/C20H18N6OS/c1-14-7-6-10-18(11-14)26(15(2)27)20-21-17(13-28-20)12-25-23-19(22-24-25)16-8-4-3-5-9-16/h3-11,13H,12H2,1-2H3. The van der Waals surface area contributed by atoms with Crippen LogP contribution in [0.25, 0.3) is 11.4 Å². The molecule has 2 heterocycles. The number of aryl methyl sites for hydroxylation is 1. The van der Waals surface area contributed by atoms with Gasteiger partial charge in [0.2, 0.25) is 11.7 Å². The highest BCUT2D eigenvalue weighted by atomic mass is 32.1. The minimum atomic E-state index is -0.0863. The molecule has 4 aromatic rings. The highest BCUT2D eigenvalue weighted by Crippen LogP contribution is 2.29. The van der Waals surface area contributed by atoms with Crippen molar-refractivity contribution in [1.82, 2.24) is 25.2 Å². The van der Waals surface area contributed by atoms with Crippen LogP contribution in [0.15, 0.2) is 60.0 Å². The zero-order valence-electron chi connectivity index (χ0n) is 15.5. The van der Waals surface area contributed by atoms with Gasteiger partial charge in [-0.3, -0.25) is 9.69 Å². The summed E-state index contributed by atoms with van der Waals surface area (Å²) in [6.07, 6.45) is 0. The molecule has 0 aliphatic carbocycles. The van der Waals surface area contributed by atoms with Gasteiger partial charge in [-0.05, 0) is 29.8 Å². The number of nitrogens with zero attached hydrogens (tertiary/aromatic N) is 6. The van der Waals surface area contributed by atoms with Gasteiger partial charge in [-0.2, -0.15) is 4.80 Å². The Morgan fingerprint density at radius 3 is 2.71 bits per heavy atom. The Hall–Kier alpha value is -3.39. The summed E-state index contributed by atoms with van der Waals surface area (Å²) in [6, 6.07) is 17.5. The Morgan fingerprint density at radius 2 is 1.96 bits per heavy atom. The molecule has 0 atom stereocenters. The molecular formula is C20H18N6OS. The summed E-state index contributed by atoms with van der Waals surface area (Å²) in [5, 5.41) is 15.2. The van der Waals surface area contributed by atoms with Crippen LogP contribution in [-0.2, 0) is 11.3 Å². The number of carbonyl (C=O) groups is 1. The van der Waals surface area contributed by atoms with Crippen molar-refractivity contribution in [1.29, 1.82) is 0 Å². The van der Waals surface area contributed by atoms with E-state index in [1.807, 2.05) is 66.9 Å². The lowest BCUT2D eigenvalue weighted by Gasteiger charge is -2.18. The Bertz CT molecular complexity index is 1100. The van der Waals surface area contributed by atoms with E-state index in [2.05, 4.69) is 20.4 Å². The number of hydrogen-bond acceptors (Lipinski definition) is 6. The van der Waals surface area contributed by atoms with Gasteiger partial charge in [0.25, 0.3) is 0 Å². The molecule has 2 aromatic heterocycles. The normalized spacial score (nSPS) is 10.8. The first kappa shape index (κ1) is 18.0. The van der Waals surface area contributed by atoms with Crippen molar-refractivity contribution in [2.75, 3.05) is 4.90 Å². The zero-order valence-corrected chi connectivity index (χ0v) is 16.3. The molecule has 0 spiro atoms. The summed E-state index contributed by atoms with van der Waals surface area (Å²) in [7, 11) is 0. The van der Waals surface area contributed by atoms with E-state index >= 15 is 0 Å². The van der Waals surface area contributed by atoms with Gasteiger partial charge in [0, 0.05) is 17.9 Å². The summed E-state index contributed by atoms with van der Waals surface area (Å²) in [5.74, 6) is 0.484. The maximum atomic E-state index is 12.2. The number of benzene rings is 2. The first-order valence-corrected chi connectivity index (χ1v) is 9.63. The zero-order chi connectivity index (χ0) is 19.5. The van der Waals surface area contributed by atoms with E-state index in [1.54, 1.807) is 4.90 Å². The first-order valence-electron chi connectivity index (χ1n) is 8.75. The van der Waals surface area contributed by atoms with Gasteiger partial charge < -0.3 is 0 Å². The van der Waals surface area contributed by atoms with E-state index in [0.29, 0.717) is 17.5 Å². The van der Waals surface area contributed by atoms with Crippen LogP contribution in [0.4, 0.5) is 10.8 Å². The molecule has 28 heavy (non-hydrogen) atoms. The average molecular weight is 390 g/mol. The van der Waals surface area contributed by atoms with Crippen molar-refractivity contribution in [2.24, 2.45) is 0 Å². The maximum absolute atomic E-state index is 12.2. The predicted octanol–water partition coefficient (Wildman–Crippen LogP) is 3.84. The van der Waals surface area contributed by atoms with Crippen LogP contribution >= 0.6 is 11.3 Å². The molecule has 8 heteroatoms. The quantitative estimate of drug-likeness (QED) is 0.517.